The van der Waals surface area contributed by atoms with E-state index in [1.165, 1.54) is 6.92 Å². The van der Waals surface area contributed by atoms with Gasteiger partial charge < -0.3 is 19.9 Å². The standard InChI is InChI=1S/C18H20N2O5/c1-12(18(22)23)13(2)20-16(21)11-24-14-6-8-15(9-7-14)25-17-5-3-4-10-19-17/h3-10,12-13H,11H2,1-2H3,(H,20,21)(H,22,23). The zero-order valence-electron chi connectivity index (χ0n) is 14.0. The molecule has 0 saturated carbocycles. The molecule has 2 rings (SSSR count). The van der Waals surface area contributed by atoms with Crippen molar-refractivity contribution in [3.05, 3.63) is 48.7 Å². The number of benzene rings is 1. The molecule has 1 aromatic heterocycles. The molecule has 1 aromatic carbocycles. The Morgan fingerprint density at radius 1 is 1.12 bits per heavy atom. The van der Waals surface area contributed by atoms with Crippen LogP contribution in [0, 0.1) is 5.92 Å². The molecule has 25 heavy (non-hydrogen) atoms. The number of hydrogen-bond donors (Lipinski definition) is 2. The molecule has 2 atom stereocenters. The van der Waals surface area contributed by atoms with Crippen molar-refractivity contribution < 1.29 is 24.2 Å². The fourth-order valence-electron chi connectivity index (χ4n) is 1.92. The van der Waals surface area contributed by atoms with E-state index in [0.29, 0.717) is 17.4 Å². The van der Waals surface area contributed by atoms with Crippen molar-refractivity contribution in [2.24, 2.45) is 5.92 Å². The summed E-state index contributed by atoms with van der Waals surface area (Å²) in [5.74, 6) is -0.433. The Kier molecular flexibility index (Phi) is 6.33. The van der Waals surface area contributed by atoms with E-state index in [1.807, 2.05) is 6.07 Å². The fourth-order valence-corrected chi connectivity index (χ4v) is 1.92. The van der Waals surface area contributed by atoms with Crippen LogP contribution in [0.4, 0.5) is 0 Å². The monoisotopic (exact) mass is 344 g/mol. The van der Waals surface area contributed by atoms with E-state index in [2.05, 4.69) is 10.3 Å². The highest BCUT2D eigenvalue weighted by Gasteiger charge is 2.20. The topological polar surface area (TPSA) is 97.8 Å². The van der Waals surface area contributed by atoms with Gasteiger partial charge in [0.25, 0.3) is 5.91 Å². The van der Waals surface area contributed by atoms with E-state index in [9.17, 15) is 9.59 Å². The Bertz CT molecular complexity index is 703. The minimum atomic E-state index is -0.961. The fraction of sp³-hybridized carbons (Fsp3) is 0.278. The minimum Gasteiger partial charge on any atom is -0.484 e. The van der Waals surface area contributed by atoms with Crippen molar-refractivity contribution in [2.45, 2.75) is 19.9 Å². The molecule has 1 amide bonds. The number of hydrogen-bond acceptors (Lipinski definition) is 5. The van der Waals surface area contributed by atoms with Gasteiger partial charge in [-0.05, 0) is 44.2 Å². The van der Waals surface area contributed by atoms with Gasteiger partial charge in [0.15, 0.2) is 6.61 Å². The maximum atomic E-state index is 11.8. The van der Waals surface area contributed by atoms with Crippen molar-refractivity contribution in [1.29, 1.82) is 0 Å². The number of carbonyl (C=O) groups is 2. The molecule has 2 N–H and O–H groups in total. The van der Waals surface area contributed by atoms with Crippen LogP contribution in [-0.2, 0) is 9.59 Å². The van der Waals surface area contributed by atoms with E-state index in [1.54, 1.807) is 49.5 Å². The van der Waals surface area contributed by atoms with Crippen molar-refractivity contribution in [1.82, 2.24) is 10.3 Å². The molecule has 7 heteroatoms. The van der Waals surface area contributed by atoms with E-state index in [4.69, 9.17) is 14.6 Å². The Balaban J connectivity index is 1.81. The van der Waals surface area contributed by atoms with E-state index in [0.717, 1.165) is 0 Å². The molecule has 0 spiro atoms. The van der Waals surface area contributed by atoms with Gasteiger partial charge in [-0.1, -0.05) is 6.07 Å². The quantitative estimate of drug-likeness (QED) is 0.763. The average molecular weight is 344 g/mol. The van der Waals surface area contributed by atoms with Crippen molar-refractivity contribution in [3.8, 4) is 17.4 Å². The maximum Gasteiger partial charge on any atom is 0.308 e. The summed E-state index contributed by atoms with van der Waals surface area (Å²) in [5, 5.41) is 11.5. The molecule has 1 heterocycles. The number of nitrogens with one attached hydrogen (secondary N) is 1. The van der Waals surface area contributed by atoms with Gasteiger partial charge in [-0.3, -0.25) is 9.59 Å². The van der Waals surface area contributed by atoms with Crippen LogP contribution in [0.5, 0.6) is 17.4 Å². The van der Waals surface area contributed by atoms with E-state index in [-0.39, 0.29) is 12.5 Å². The number of ether oxygens (including phenoxy) is 2. The van der Waals surface area contributed by atoms with Gasteiger partial charge in [-0.25, -0.2) is 4.98 Å². The van der Waals surface area contributed by atoms with Gasteiger partial charge in [0.2, 0.25) is 5.88 Å². The third-order valence-electron chi connectivity index (χ3n) is 3.58. The minimum absolute atomic E-state index is 0.197. The molecule has 2 aromatic rings. The number of nitrogens with zero attached hydrogens (tertiary/aromatic N) is 1. The number of pyridine rings is 1. The molecule has 0 fully saturated rings. The third-order valence-corrected chi connectivity index (χ3v) is 3.58. The van der Waals surface area contributed by atoms with Crippen molar-refractivity contribution in [2.75, 3.05) is 6.61 Å². The molecule has 0 aliphatic heterocycles. The number of carbonyl (C=O) groups excluding carboxylic acids is 1. The lowest BCUT2D eigenvalue weighted by molar-refractivity contribution is -0.142. The van der Waals surface area contributed by atoms with Crippen LogP contribution in [0.15, 0.2) is 48.7 Å². The predicted molar refractivity (Wildman–Crippen MR) is 90.7 cm³/mol. The van der Waals surface area contributed by atoms with Gasteiger partial charge >= 0.3 is 5.97 Å². The number of aromatic nitrogens is 1. The number of rotatable bonds is 8. The van der Waals surface area contributed by atoms with Crippen LogP contribution in [0.25, 0.3) is 0 Å². The largest absolute Gasteiger partial charge is 0.484 e. The number of amides is 1. The van der Waals surface area contributed by atoms with Crippen LogP contribution in [-0.4, -0.2) is 34.6 Å². The lowest BCUT2D eigenvalue weighted by atomic mass is 10.0. The molecule has 0 saturated heterocycles. The van der Waals surface area contributed by atoms with Crippen molar-refractivity contribution >= 4 is 11.9 Å². The van der Waals surface area contributed by atoms with Crippen LogP contribution in [0.2, 0.25) is 0 Å². The van der Waals surface area contributed by atoms with Gasteiger partial charge in [0.1, 0.15) is 11.5 Å². The normalized spacial score (nSPS) is 12.7. The Morgan fingerprint density at radius 2 is 1.80 bits per heavy atom. The SMILES string of the molecule is CC(NC(=O)COc1ccc(Oc2ccccn2)cc1)C(C)C(=O)O. The summed E-state index contributed by atoms with van der Waals surface area (Å²) in [6, 6.07) is 11.6. The molecular formula is C18H20N2O5. The molecule has 2 unspecified atom stereocenters. The lowest BCUT2D eigenvalue weighted by Gasteiger charge is -2.17. The number of carboxylic acid groups (broad SMARTS) is 1. The van der Waals surface area contributed by atoms with Crippen LogP contribution in [0.1, 0.15) is 13.8 Å². The summed E-state index contributed by atoms with van der Waals surface area (Å²) in [7, 11) is 0. The summed E-state index contributed by atoms with van der Waals surface area (Å²) in [5.41, 5.74) is 0. The van der Waals surface area contributed by atoms with Gasteiger partial charge in [0.05, 0.1) is 5.92 Å². The zero-order valence-corrected chi connectivity index (χ0v) is 14.0. The van der Waals surface area contributed by atoms with Crippen LogP contribution in [0.3, 0.4) is 0 Å². The smallest absolute Gasteiger partial charge is 0.308 e. The Labute approximate surface area is 145 Å². The number of carboxylic acids is 1. The second kappa shape index (κ2) is 8.68. The molecule has 0 aliphatic rings. The highest BCUT2D eigenvalue weighted by atomic mass is 16.5. The van der Waals surface area contributed by atoms with Gasteiger partial charge in [0, 0.05) is 18.3 Å². The summed E-state index contributed by atoms with van der Waals surface area (Å²) in [4.78, 5) is 26.7. The average Bonchev–Trinajstić information content (AvgIpc) is 2.61. The van der Waals surface area contributed by atoms with Crippen molar-refractivity contribution in [3.63, 3.8) is 0 Å². The lowest BCUT2D eigenvalue weighted by Crippen LogP contribution is -2.42. The Morgan fingerprint density at radius 3 is 2.40 bits per heavy atom. The van der Waals surface area contributed by atoms with E-state index < -0.39 is 17.9 Å². The highest BCUT2D eigenvalue weighted by molar-refractivity contribution is 5.79. The molecule has 0 bridgehead atoms. The van der Waals surface area contributed by atoms with Crippen LogP contribution < -0.4 is 14.8 Å². The van der Waals surface area contributed by atoms with Crippen LogP contribution >= 0.6 is 0 Å². The molecular weight excluding hydrogens is 324 g/mol. The summed E-state index contributed by atoms with van der Waals surface area (Å²) < 4.78 is 10.9. The summed E-state index contributed by atoms with van der Waals surface area (Å²) in [6.45, 7) is 2.98. The summed E-state index contributed by atoms with van der Waals surface area (Å²) >= 11 is 0. The maximum absolute atomic E-state index is 11.8. The zero-order chi connectivity index (χ0) is 18.2. The summed E-state index contributed by atoms with van der Waals surface area (Å²) in [6.07, 6.45) is 1.64. The first-order valence-electron chi connectivity index (χ1n) is 7.79. The first-order valence-corrected chi connectivity index (χ1v) is 7.79. The highest BCUT2D eigenvalue weighted by Crippen LogP contribution is 2.22. The molecule has 0 aliphatic carbocycles. The Hall–Kier alpha value is -3.09. The predicted octanol–water partition coefficient (Wildman–Crippen LogP) is 2.48. The second-order valence-electron chi connectivity index (χ2n) is 5.51. The first-order chi connectivity index (χ1) is 12.0. The first kappa shape index (κ1) is 18.3. The molecule has 132 valence electrons. The third kappa shape index (κ3) is 5.80. The number of aliphatic carboxylic acids is 1. The molecule has 7 nitrogen and oxygen atoms in total. The van der Waals surface area contributed by atoms with Gasteiger partial charge in [-0.2, -0.15) is 0 Å². The molecule has 0 radical (unpaired) electrons. The second-order valence-corrected chi connectivity index (χ2v) is 5.51. The van der Waals surface area contributed by atoms with Gasteiger partial charge in [-0.15, -0.1) is 0 Å². The van der Waals surface area contributed by atoms with E-state index >= 15 is 0 Å².